The third-order valence-electron chi connectivity index (χ3n) is 5.48. The molecule has 0 bridgehead atoms. The number of ether oxygens (including phenoxy) is 3. The lowest BCUT2D eigenvalue weighted by Gasteiger charge is -2.31. The van der Waals surface area contributed by atoms with Crippen LogP contribution in [-0.4, -0.2) is 75.6 Å². The number of guanidine groups is 1. The number of aliphatic imine (C=N–C) groups is 1. The van der Waals surface area contributed by atoms with E-state index in [-0.39, 0.29) is 30.1 Å². The largest absolute Gasteiger partial charge is 0.491 e. The minimum Gasteiger partial charge on any atom is -0.491 e. The molecule has 1 unspecified atom stereocenters. The van der Waals surface area contributed by atoms with E-state index in [0.717, 1.165) is 82.3 Å². The Hall–Kier alpha value is -1.10. The zero-order valence-corrected chi connectivity index (χ0v) is 22.2. The molecular weight excluding hydrogens is 519 g/mol. The molecule has 1 heterocycles. The number of nitrogens with zero attached hydrogens (tertiary/aromatic N) is 2. The zero-order chi connectivity index (χ0) is 21.9. The van der Waals surface area contributed by atoms with Crippen molar-refractivity contribution < 1.29 is 14.2 Å². The number of hydrogen-bond acceptors (Lipinski definition) is 5. The number of nitrogens with one attached hydrogen (secondary N) is 2. The van der Waals surface area contributed by atoms with E-state index in [1.165, 1.54) is 12.8 Å². The third kappa shape index (κ3) is 10.7. The second-order valence-electron chi connectivity index (χ2n) is 8.80. The molecule has 0 aromatic heterocycles. The predicted octanol–water partition coefficient (Wildman–Crippen LogP) is 3.99. The second-order valence-corrected chi connectivity index (χ2v) is 8.80. The molecule has 2 aliphatic rings. The number of rotatable bonds is 12. The molecule has 182 valence electrons. The standard InChI is InChI=1S/C24H40N4O3.HI/c1-19(2)31-23-9-7-22(8-10-23)27-24(25-11-4-14-30-18-21-5-6-21)26-17-20(3)28-12-15-29-16-13-28;/h7-10,19-21H,4-6,11-18H2,1-3H3,(H2,25,26,27);1H. The molecule has 32 heavy (non-hydrogen) atoms. The van der Waals surface area contributed by atoms with Gasteiger partial charge in [-0.2, -0.15) is 0 Å². The summed E-state index contributed by atoms with van der Waals surface area (Å²) in [6.07, 6.45) is 3.80. The van der Waals surface area contributed by atoms with Gasteiger partial charge in [0.1, 0.15) is 5.75 Å². The van der Waals surface area contributed by atoms with E-state index in [1.54, 1.807) is 0 Å². The molecule has 7 nitrogen and oxygen atoms in total. The smallest absolute Gasteiger partial charge is 0.195 e. The van der Waals surface area contributed by atoms with Gasteiger partial charge < -0.3 is 24.8 Å². The van der Waals surface area contributed by atoms with Crippen LogP contribution in [0.2, 0.25) is 0 Å². The van der Waals surface area contributed by atoms with E-state index in [1.807, 2.05) is 38.1 Å². The van der Waals surface area contributed by atoms with Gasteiger partial charge in [0, 0.05) is 44.6 Å². The highest BCUT2D eigenvalue weighted by Crippen LogP contribution is 2.28. The molecule has 2 fully saturated rings. The van der Waals surface area contributed by atoms with E-state index >= 15 is 0 Å². The first-order chi connectivity index (χ1) is 15.1. The topological polar surface area (TPSA) is 67.4 Å². The fourth-order valence-electron chi connectivity index (χ4n) is 3.44. The first kappa shape index (κ1) is 27.1. The lowest BCUT2D eigenvalue weighted by atomic mass is 10.2. The highest BCUT2D eigenvalue weighted by Gasteiger charge is 2.21. The van der Waals surface area contributed by atoms with Crippen molar-refractivity contribution in [2.75, 3.05) is 57.9 Å². The molecule has 1 aromatic rings. The van der Waals surface area contributed by atoms with Gasteiger partial charge in [-0.3, -0.25) is 9.89 Å². The summed E-state index contributed by atoms with van der Waals surface area (Å²) in [6.45, 7) is 13.1. The van der Waals surface area contributed by atoms with E-state index < -0.39 is 0 Å². The second kappa shape index (κ2) is 14.9. The summed E-state index contributed by atoms with van der Waals surface area (Å²) in [5.74, 6) is 2.50. The summed E-state index contributed by atoms with van der Waals surface area (Å²) in [5.41, 5.74) is 0.992. The maximum absolute atomic E-state index is 5.75. The van der Waals surface area contributed by atoms with Crippen molar-refractivity contribution in [3.05, 3.63) is 24.3 Å². The monoisotopic (exact) mass is 560 g/mol. The molecule has 0 amide bonds. The number of anilines is 1. The highest BCUT2D eigenvalue weighted by molar-refractivity contribution is 14.0. The summed E-state index contributed by atoms with van der Waals surface area (Å²) in [7, 11) is 0. The molecule has 1 aromatic carbocycles. The van der Waals surface area contributed by atoms with Crippen LogP contribution in [0.1, 0.15) is 40.0 Å². The average Bonchev–Trinajstić information content (AvgIpc) is 3.60. The lowest BCUT2D eigenvalue weighted by molar-refractivity contribution is 0.0220. The Kier molecular flexibility index (Phi) is 12.7. The van der Waals surface area contributed by atoms with Gasteiger partial charge >= 0.3 is 0 Å². The zero-order valence-electron chi connectivity index (χ0n) is 19.8. The average molecular weight is 561 g/mol. The molecule has 1 aliphatic heterocycles. The van der Waals surface area contributed by atoms with Gasteiger partial charge in [0.2, 0.25) is 0 Å². The minimum atomic E-state index is 0. The van der Waals surface area contributed by atoms with Gasteiger partial charge in [0.15, 0.2) is 5.96 Å². The molecule has 3 rings (SSSR count). The maximum Gasteiger partial charge on any atom is 0.195 e. The van der Waals surface area contributed by atoms with Crippen molar-refractivity contribution in [2.45, 2.75) is 52.2 Å². The van der Waals surface area contributed by atoms with Crippen LogP contribution < -0.4 is 15.4 Å². The van der Waals surface area contributed by atoms with Crippen LogP contribution in [0.5, 0.6) is 5.75 Å². The summed E-state index contributed by atoms with van der Waals surface area (Å²) in [4.78, 5) is 7.30. The van der Waals surface area contributed by atoms with Gasteiger partial charge in [-0.15, -0.1) is 24.0 Å². The molecule has 1 saturated carbocycles. The predicted molar refractivity (Wildman–Crippen MR) is 142 cm³/mol. The maximum atomic E-state index is 5.75. The first-order valence-electron chi connectivity index (χ1n) is 11.8. The van der Waals surface area contributed by atoms with E-state index in [0.29, 0.717) is 6.04 Å². The van der Waals surface area contributed by atoms with Gasteiger partial charge in [-0.25, -0.2) is 0 Å². The minimum absolute atomic E-state index is 0. The van der Waals surface area contributed by atoms with Crippen LogP contribution in [-0.2, 0) is 9.47 Å². The summed E-state index contributed by atoms with van der Waals surface area (Å²) in [6, 6.07) is 8.41. The normalized spacial score (nSPS) is 18.2. The van der Waals surface area contributed by atoms with Crippen molar-refractivity contribution in [3.63, 3.8) is 0 Å². The van der Waals surface area contributed by atoms with Crippen molar-refractivity contribution in [1.82, 2.24) is 10.2 Å². The van der Waals surface area contributed by atoms with E-state index in [2.05, 4.69) is 22.5 Å². The Morgan fingerprint density at radius 3 is 2.53 bits per heavy atom. The Bertz CT molecular complexity index is 662. The molecule has 2 N–H and O–H groups in total. The summed E-state index contributed by atoms with van der Waals surface area (Å²) >= 11 is 0. The van der Waals surface area contributed by atoms with Crippen LogP contribution in [0.4, 0.5) is 5.69 Å². The van der Waals surface area contributed by atoms with Crippen molar-refractivity contribution >= 4 is 35.6 Å². The molecule has 1 saturated heterocycles. The fourth-order valence-corrected chi connectivity index (χ4v) is 3.44. The van der Waals surface area contributed by atoms with Gasteiger partial charge in [0.25, 0.3) is 0 Å². The quantitative estimate of drug-likeness (QED) is 0.175. The van der Waals surface area contributed by atoms with Crippen LogP contribution in [0.3, 0.4) is 0 Å². The highest BCUT2D eigenvalue weighted by atomic mass is 127. The van der Waals surface area contributed by atoms with Gasteiger partial charge in [-0.1, -0.05) is 0 Å². The van der Waals surface area contributed by atoms with Crippen molar-refractivity contribution in [2.24, 2.45) is 10.9 Å². The molecular formula is C24H41IN4O3. The Balaban J connectivity index is 0.00000363. The molecule has 1 aliphatic carbocycles. The SMILES string of the molecule is CC(C)Oc1ccc(NC(=NCC(C)N2CCOCC2)NCCCOCC2CC2)cc1.I. The number of morpholine rings is 1. The van der Waals surface area contributed by atoms with Crippen molar-refractivity contribution in [3.8, 4) is 5.75 Å². The molecule has 0 spiro atoms. The van der Waals surface area contributed by atoms with Crippen LogP contribution in [0, 0.1) is 5.92 Å². The first-order valence-corrected chi connectivity index (χ1v) is 11.8. The number of halogens is 1. The summed E-state index contributed by atoms with van der Waals surface area (Å²) in [5, 5.41) is 6.90. The number of benzene rings is 1. The van der Waals surface area contributed by atoms with Crippen LogP contribution >= 0.6 is 24.0 Å². The third-order valence-corrected chi connectivity index (χ3v) is 5.48. The molecule has 0 radical (unpaired) electrons. The van der Waals surface area contributed by atoms with Crippen molar-refractivity contribution in [1.29, 1.82) is 0 Å². The van der Waals surface area contributed by atoms with Gasteiger partial charge in [-0.05, 0) is 70.2 Å². The Morgan fingerprint density at radius 1 is 1.16 bits per heavy atom. The van der Waals surface area contributed by atoms with E-state index in [4.69, 9.17) is 19.2 Å². The molecule has 1 atom stereocenters. The van der Waals surface area contributed by atoms with Crippen LogP contribution in [0.15, 0.2) is 29.3 Å². The summed E-state index contributed by atoms with van der Waals surface area (Å²) < 4.78 is 17.0. The van der Waals surface area contributed by atoms with E-state index in [9.17, 15) is 0 Å². The van der Waals surface area contributed by atoms with Crippen LogP contribution in [0.25, 0.3) is 0 Å². The Morgan fingerprint density at radius 2 is 1.88 bits per heavy atom. The Labute approximate surface area is 210 Å². The molecule has 8 heteroatoms. The van der Waals surface area contributed by atoms with Gasteiger partial charge in [0.05, 0.1) is 25.9 Å². The fraction of sp³-hybridized carbons (Fsp3) is 0.708. The number of hydrogen-bond donors (Lipinski definition) is 2. The lowest BCUT2D eigenvalue weighted by Crippen LogP contribution is -2.44.